The predicted molar refractivity (Wildman–Crippen MR) is 137 cm³/mol. The lowest BCUT2D eigenvalue weighted by molar-refractivity contribution is 0.0347. The number of carboxylic acid groups (broad SMARTS) is 2. The molecule has 11 heteroatoms. The number of benzene rings is 1. The fourth-order valence-corrected chi connectivity index (χ4v) is 5.04. The van der Waals surface area contributed by atoms with E-state index in [1.807, 2.05) is 24.3 Å². The number of pyridine rings is 1. The van der Waals surface area contributed by atoms with Gasteiger partial charge >= 0.3 is 11.9 Å². The van der Waals surface area contributed by atoms with Crippen molar-refractivity contribution in [2.75, 3.05) is 39.4 Å². The minimum absolute atomic E-state index is 0.130. The number of morpholine rings is 1. The quantitative estimate of drug-likeness (QED) is 0.378. The minimum atomic E-state index is -1.22. The number of aromatic carboxylic acids is 2. The molecule has 0 aliphatic carbocycles. The molecule has 0 saturated carbocycles. The molecule has 0 spiro atoms. The van der Waals surface area contributed by atoms with E-state index in [4.69, 9.17) is 21.4 Å². The molecule has 3 N–H and O–H groups in total. The third-order valence-corrected chi connectivity index (χ3v) is 6.94. The highest BCUT2D eigenvalue weighted by molar-refractivity contribution is 7.80. The highest BCUT2D eigenvalue weighted by Gasteiger charge is 2.41. The number of thiocarbonyl (C=S) groups is 1. The Balaban J connectivity index is 1.48. The Kier molecular flexibility index (Phi) is 7.17. The molecular weight excluding hydrogens is 496 g/mol. The zero-order chi connectivity index (χ0) is 25.9. The van der Waals surface area contributed by atoms with Gasteiger partial charge in [0.15, 0.2) is 5.11 Å². The first kappa shape index (κ1) is 24.9. The van der Waals surface area contributed by atoms with Gasteiger partial charge in [0.25, 0.3) is 0 Å². The van der Waals surface area contributed by atoms with Crippen LogP contribution in [-0.4, -0.2) is 81.4 Å². The molecule has 2 atom stereocenters. The number of hydrogen-bond acceptors (Lipinski definition) is 7. The SMILES string of the molecule is O=C(O)c1cc(C(=O)O)cc(-c2ccc([C@H]3[C@@H](c4ccccn4)NC(=S)N3CCN3CCOCC3)o2)c1. The zero-order valence-electron chi connectivity index (χ0n) is 19.9. The molecule has 2 aliphatic heterocycles. The maximum atomic E-state index is 11.6. The highest BCUT2D eigenvalue weighted by atomic mass is 32.1. The van der Waals surface area contributed by atoms with E-state index in [0.717, 1.165) is 31.4 Å². The summed E-state index contributed by atoms with van der Waals surface area (Å²) in [7, 11) is 0. The van der Waals surface area contributed by atoms with Crippen LogP contribution in [0.5, 0.6) is 0 Å². The molecular formula is C26H26N4O6S. The Hall–Kier alpha value is -3.80. The van der Waals surface area contributed by atoms with Crippen LogP contribution in [0, 0.1) is 0 Å². The van der Waals surface area contributed by atoms with E-state index in [0.29, 0.717) is 42.0 Å². The number of rotatable bonds is 8. The van der Waals surface area contributed by atoms with Crippen LogP contribution in [0.25, 0.3) is 11.3 Å². The normalized spacial score (nSPS) is 20.1. The average Bonchev–Trinajstić information content (AvgIpc) is 3.53. The second-order valence-corrected chi connectivity index (χ2v) is 9.27. The number of carbonyl (C=O) groups is 2. The van der Waals surface area contributed by atoms with Gasteiger partial charge in [-0.15, -0.1) is 0 Å². The molecule has 2 aliphatic rings. The van der Waals surface area contributed by atoms with Gasteiger partial charge in [-0.05, 0) is 54.7 Å². The van der Waals surface area contributed by atoms with Crippen molar-refractivity contribution >= 4 is 29.3 Å². The first-order valence-electron chi connectivity index (χ1n) is 11.9. The molecule has 2 aromatic heterocycles. The van der Waals surface area contributed by atoms with E-state index in [2.05, 4.69) is 20.1 Å². The van der Waals surface area contributed by atoms with Crippen molar-refractivity contribution in [3.8, 4) is 11.3 Å². The van der Waals surface area contributed by atoms with Gasteiger partial charge in [0.05, 0.1) is 36.1 Å². The smallest absolute Gasteiger partial charge is 0.335 e. The van der Waals surface area contributed by atoms with Gasteiger partial charge in [-0.1, -0.05) is 6.07 Å². The second kappa shape index (κ2) is 10.7. The van der Waals surface area contributed by atoms with Gasteiger partial charge in [-0.3, -0.25) is 9.88 Å². The topological polar surface area (TPSA) is 128 Å². The summed E-state index contributed by atoms with van der Waals surface area (Å²) in [5, 5.41) is 22.9. The molecule has 2 fully saturated rings. The van der Waals surface area contributed by atoms with Gasteiger partial charge in [0.1, 0.15) is 17.6 Å². The summed E-state index contributed by atoms with van der Waals surface area (Å²) in [5.41, 5.74) is 0.916. The number of furan rings is 1. The maximum Gasteiger partial charge on any atom is 0.335 e. The maximum absolute atomic E-state index is 11.6. The molecule has 1 aromatic carbocycles. The van der Waals surface area contributed by atoms with Gasteiger partial charge < -0.3 is 29.6 Å². The number of nitrogens with zero attached hydrogens (tertiary/aromatic N) is 3. The van der Waals surface area contributed by atoms with Crippen LogP contribution >= 0.6 is 12.2 Å². The number of nitrogens with one attached hydrogen (secondary N) is 1. The predicted octanol–water partition coefficient (Wildman–Crippen LogP) is 3.04. The van der Waals surface area contributed by atoms with E-state index in [9.17, 15) is 19.8 Å². The van der Waals surface area contributed by atoms with Crippen molar-refractivity contribution in [1.82, 2.24) is 20.1 Å². The summed E-state index contributed by atoms with van der Waals surface area (Å²) in [5.74, 6) is -1.46. The molecule has 0 amide bonds. The third-order valence-electron chi connectivity index (χ3n) is 6.59. The van der Waals surface area contributed by atoms with Crippen LogP contribution in [0.15, 0.2) is 59.1 Å². The molecule has 5 rings (SSSR count). The van der Waals surface area contributed by atoms with Crippen molar-refractivity contribution in [2.24, 2.45) is 0 Å². The highest BCUT2D eigenvalue weighted by Crippen LogP contribution is 2.40. The second-order valence-electron chi connectivity index (χ2n) is 8.89. The lowest BCUT2D eigenvalue weighted by atomic mass is 10.0. The lowest BCUT2D eigenvalue weighted by Gasteiger charge is -2.31. The molecule has 0 bridgehead atoms. The summed E-state index contributed by atoms with van der Waals surface area (Å²) >= 11 is 5.72. The van der Waals surface area contributed by atoms with Crippen LogP contribution in [0.3, 0.4) is 0 Å². The largest absolute Gasteiger partial charge is 0.478 e. The minimum Gasteiger partial charge on any atom is -0.478 e. The van der Waals surface area contributed by atoms with Crippen LogP contribution in [-0.2, 0) is 4.74 Å². The standard InChI is InChI=1S/C26H26N4O6S/c31-24(32)17-13-16(14-18(15-17)25(33)34)20-4-5-21(36-20)23-22(19-3-1-2-6-27-19)28-26(37)30(23)8-7-29-9-11-35-12-10-29/h1-6,13-15,22-23H,7-12H2,(H,28,37)(H,31,32)(H,33,34)/t22-,23+/m1/s1. The Morgan fingerprint density at radius 3 is 2.41 bits per heavy atom. The van der Waals surface area contributed by atoms with E-state index in [1.165, 1.54) is 12.1 Å². The molecule has 3 aromatic rings. The number of hydrogen-bond donors (Lipinski definition) is 3. The number of aromatic nitrogens is 1. The zero-order valence-corrected chi connectivity index (χ0v) is 20.7. The Morgan fingerprint density at radius 1 is 1.03 bits per heavy atom. The van der Waals surface area contributed by atoms with Crippen molar-refractivity contribution < 1.29 is 29.0 Å². The van der Waals surface area contributed by atoms with Gasteiger partial charge in [-0.2, -0.15) is 0 Å². The summed E-state index contributed by atoms with van der Waals surface area (Å²) < 4.78 is 11.7. The first-order chi connectivity index (χ1) is 17.9. The summed E-state index contributed by atoms with van der Waals surface area (Å²) in [6.07, 6.45) is 1.73. The van der Waals surface area contributed by atoms with Crippen LogP contribution < -0.4 is 5.32 Å². The Morgan fingerprint density at radius 2 is 1.76 bits per heavy atom. The molecule has 0 unspecified atom stereocenters. The van der Waals surface area contributed by atoms with Gasteiger partial charge in [0.2, 0.25) is 0 Å². The van der Waals surface area contributed by atoms with Crippen molar-refractivity contribution in [3.05, 3.63) is 77.3 Å². The van der Waals surface area contributed by atoms with Crippen LogP contribution in [0.2, 0.25) is 0 Å². The fraction of sp³-hybridized carbons (Fsp3) is 0.308. The van der Waals surface area contributed by atoms with Gasteiger partial charge in [-0.25, -0.2) is 9.59 Å². The number of carboxylic acids is 2. The van der Waals surface area contributed by atoms with E-state index in [1.54, 1.807) is 12.3 Å². The van der Waals surface area contributed by atoms with Crippen molar-refractivity contribution in [3.63, 3.8) is 0 Å². The fourth-order valence-electron chi connectivity index (χ4n) is 4.71. The van der Waals surface area contributed by atoms with E-state index in [-0.39, 0.29) is 23.2 Å². The summed E-state index contributed by atoms with van der Waals surface area (Å²) in [6.45, 7) is 4.59. The molecule has 37 heavy (non-hydrogen) atoms. The molecule has 2 saturated heterocycles. The molecule has 0 radical (unpaired) electrons. The van der Waals surface area contributed by atoms with E-state index < -0.39 is 11.9 Å². The summed E-state index contributed by atoms with van der Waals surface area (Å²) in [4.78, 5) is 32.1. The third kappa shape index (κ3) is 5.33. The Labute approximate surface area is 218 Å². The number of ether oxygens (including phenoxy) is 1. The van der Waals surface area contributed by atoms with Crippen molar-refractivity contribution in [1.29, 1.82) is 0 Å². The van der Waals surface area contributed by atoms with Crippen molar-refractivity contribution in [2.45, 2.75) is 12.1 Å². The monoisotopic (exact) mass is 522 g/mol. The van der Waals surface area contributed by atoms with Crippen LogP contribution in [0.4, 0.5) is 0 Å². The van der Waals surface area contributed by atoms with E-state index >= 15 is 0 Å². The Bertz CT molecular complexity index is 1280. The molecule has 4 heterocycles. The average molecular weight is 523 g/mol. The lowest BCUT2D eigenvalue weighted by Crippen LogP contribution is -2.42. The first-order valence-corrected chi connectivity index (χ1v) is 12.3. The molecule has 10 nitrogen and oxygen atoms in total. The molecule has 192 valence electrons. The summed E-state index contributed by atoms with van der Waals surface area (Å²) in [6, 6.07) is 12.6. The van der Waals surface area contributed by atoms with Crippen LogP contribution in [0.1, 0.15) is 44.3 Å². The van der Waals surface area contributed by atoms with Gasteiger partial charge in [0, 0.05) is 37.9 Å².